The molecule has 0 radical (unpaired) electrons. The molecular weight excluding hydrogens is 386 g/mol. The van der Waals surface area contributed by atoms with Gasteiger partial charge in [-0.25, -0.2) is 8.42 Å². The van der Waals surface area contributed by atoms with E-state index < -0.39 is 10.0 Å². The van der Waals surface area contributed by atoms with E-state index in [1.165, 1.54) is 17.4 Å². The van der Waals surface area contributed by atoms with Crippen molar-refractivity contribution in [1.29, 1.82) is 0 Å². The van der Waals surface area contributed by atoms with Crippen molar-refractivity contribution in [2.45, 2.75) is 18.4 Å². The van der Waals surface area contributed by atoms with Gasteiger partial charge in [-0.2, -0.15) is 0 Å². The molecule has 0 amide bonds. The highest BCUT2D eigenvalue weighted by molar-refractivity contribution is 9.10. The predicted octanol–water partition coefficient (Wildman–Crippen LogP) is 3.77. The van der Waals surface area contributed by atoms with E-state index in [1.807, 2.05) is 0 Å². The van der Waals surface area contributed by atoms with E-state index in [1.54, 1.807) is 25.1 Å². The third-order valence-electron chi connectivity index (χ3n) is 2.54. The number of aliphatic hydroxyl groups is 1. The lowest BCUT2D eigenvalue weighted by Gasteiger charge is -2.08. The first-order valence-corrected chi connectivity index (χ1v) is 8.98. The molecule has 0 unspecified atom stereocenters. The summed E-state index contributed by atoms with van der Waals surface area (Å²) < 4.78 is 27.7. The number of benzene rings is 1. The zero-order chi connectivity index (χ0) is 14.9. The lowest BCUT2D eigenvalue weighted by molar-refractivity contribution is 0.285. The Balaban J connectivity index is 2.35. The van der Waals surface area contributed by atoms with E-state index in [0.29, 0.717) is 24.9 Å². The van der Waals surface area contributed by atoms with Gasteiger partial charge in [0.1, 0.15) is 4.90 Å². The molecule has 1 aromatic heterocycles. The number of nitrogens with one attached hydrogen (secondary N) is 1. The number of hydrogen-bond acceptors (Lipinski definition) is 4. The van der Waals surface area contributed by atoms with Crippen molar-refractivity contribution in [2.75, 3.05) is 4.72 Å². The molecule has 2 N–H and O–H groups in total. The zero-order valence-corrected chi connectivity index (χ0v) is 14.3. The molecule has 1 heterocycles. The van der Waals surface area contributed by atoms with E-state index in [2.05, 4.69) is 20.7 Å². The predicted molar refractivity (Wildman–Crippen MR) is 84.9 cm³/mol. The van der Waals surface area contributed by atoms with E-state index in [0.717, 1.165) is 0 Å². The number of anilines is 1. The standard InChI is InChI=1S/C12H11BrClNO3S2/c1-7-12(5-9(6-16)19-7)20(17,18)15-8-2-3-11(14)10(13)4-8/h2-5,15-16H,6H2,1H3. The van der Waals surface area contributed by atoms with Gasteiger partial charge in [0.05, 0.1) is 17.3 Å². The van der Waals surface area contributed by atoms with Crippen molar-refractivity contribution >= 4 is 54.6 Å². The second kappa shape index (κ2) is 6.03. The van der Waals surface area contributed by atoms with Crippen LogP contribution in [0.5, 0.6) is 0 Å². The second-order valence-electron chi connectivity index (χ2n) is 4.03. The molecule has 0 aliphatic heterocycles. The highest BCUT2D eigenvalue weighted by Crippen LogP contribution is 2.30. The minimum absolute atomic E-state index is 0.173. The Morgan fingerprint density at radius 1 is 1.40 bits per heavy atom. The van der Waals surface area contributed by atoms with Crippen LogP contribution in [0.15, 0.2) is 33.6 Å². The minimum atomic E-state index is -3.68. The summed E-state index contributed by atoms with van der Waals surface area (Å²) in [5, 5.41) is 9.57. The number of aliphatic hydroxyl groups excluding tert-OH is 1. The molecular formula is C12H11BrClNO3S2. The van der Waals surface area contributed by atoms with Gasteiger partial charge in [0, 0.05) is 14.2 Å². The van der Waals surface area contributed by atoms with Crippen molar-refractivity contribution in [3.8, 4) is 0 Å². The Morgan fingerprint density at radius 2 is 2.10 bits per heavy atom. The topological polar surface area (TPSA) is 66.4 Å². The Labute approximate surface area is 134 Å². The van der Waals surface area contributed by atoms with E-state index >= 15 is 0 Å². The fourth-order valence-corrected chi connectivity index (χ4v) is 4.68. The van der Waals surface area contributed by atoms with Gasteiger partial charge >= 0.3 is 0 Å². The molecule has 0 aliphatic carbocycles. The maximum Gasteiger partial charge on any atom is 0.263 e. The third-order valence-corrected chi connectivity index (χ3v) is 6.43. The van der Waals surface area contributed by atoms with E-state index in [-0.39, 0.29) is 11.5 Å². The molecule has 108 valence electrons. The first-order chi connectivity index (χ1) is 9.33. The smallest absolute Gasteiger partial charge is 0.263 e. The number of aryl methyl sites for hydroxylation is 1. The lowest BCUT2D eigenvalue weighted by atomic mass is 10.3. The van der Waals surface area contributed by atoms with Crippen LogP contribution in [0.3, 0.4) is 0 Å². The minimum Gasteiger partial charge on any atom is -0.391 e. The molecule has 4 nitrogen and oxygen atoms in total. The average Bonchev–Trinajstić information content (AvgIpc) is 2.76. The van der Waals surface area contributed by atoms with Crippen molar-refractivity contribution in [3.05, 3.63) is 43.5 Å². The number of sulfonamides is 1. The molecule has 20 heavy (non-hydrogen) atoms. The summed E-state index contributed by atoms with van der Waals surface area (Å²) in [5.74, 6) is 0. The fraction of sp³-hybridized carbons (Fsp3) is 0.167. The van der Waals surface area contributed by atoms with Crippen LogP contribution in [0.25, 0.3) is 0 Å². The van der Waals surface area contributed by atoms with Crippen molar-refractivity contribution in [1.82, 2.24) is 0 Å². The molecule has 8 heteroatoms. The molecule has 0 saturated carbocycles. The molecule has 0 spiro atoms. The first-order valence-electron chi connectivity index (χ1n) is 5.51. The second-order valence-corrected chi connectivity index (χ2v) is 8.28. The number of thiophene rings is 1. The summed E-state index contributed by atoms with van der Waals surface area (Å²) in [7, 11) is -3.68. The van der Waals surface area contributed by atoms with Crippen LogP contribution < -0.4 is 4.72 Å². The Morgan fingerprint density at radius 3 is 2.65 bits per heavy atom. The van der Waals surface area contributed by atoms with E-state index in [9.17, 15) is 8.42 Å². The van der Waals surface area contributed by atoms with Crippen LogP contribution in [0.1, 0.15) is 9.75 Å². The van der Waals surface area contributed by atoms with Gasteiger partial charge in [-0.1, -0.05) is 11.6 Å². The average molecular weight is 397 g/mol. The Bertz CT molecular complexity index is 743. The molecule has 1 aromatic carbocycles. The van der Waals surface area contributed by atoms with Gasteiger partial charge in [0.15, 0.2) is 0 Å². The summed E-state index contributed by atoms with van der Waals surface area (Å²) in [6, 6.07) is 6.25. The molecule has 0 atom stereocenters. The highest BCUT2D eigenvalue weighted by atomic mass is 79.9. The van der Waals surface area contributed by atoms with Gasteiger partial charge in [-0.3, -0.25) is 4.72 Å². The van der Waals surface area contributed by atoms with Crippen LogP contribution in [0.2, 0.25) is 5.02 Å². The van der Waals surface area contributed by atoms with Crippen molar-refractivity contribution in [2.24, 2.45) is 0 Å². The first kappa shape index (κ1) is 15.8. The quantitative estimate of drug-likeness (QED) is 0.827. The van der Waals surface area contributed by atoms with Gasteiger partial charge in [0.25, 0.3) is 10.0 Å². The number of hydrogen-bond donors (Lipinski definition) is 2. The van der Waals surface area contributed by atoms with Gasteiger partial charge in [-0.05, 0) is 47.1 Å². The van der Waals surface area contributed by atoms with Crippen LogP contribution in [0.4, 0.5) is 5.69 Å². The fourth-order valence-electron chi connectivity index (χ4n) is 1.64. The Hall–Kier alpha value is -0.600. The SMILES string of the molecule is Cc1sc(CO)cc1S(=O)(=O)Nc1ccc(Cl)c(Br)c1. The number of rotatable bonds is 4. The molecule has 0 fully saturated rings. The largest absolute Gasteiger partial charge is 0.391 e. The maximum absolute atomic E-state index is 12.3. The highest BCUT2D eigenvalue weighted by Gasteiger charge is 2.20. The van der Waals surface area contributed by atoms with Gasteiger partial charge < -0.3 is 5.11 Å². The summed E-state index contributed by atoms with van der Waals surface area (Å²) >= 11 is 10.4. The maximum atomic E-state index is 12.3. The van der Waals surface area contributed by atoms with E-state index in [4.69, 9.17) is 16.7 Å². The summed E-state index contributed by atoms with van der Waals surface area (Å²) in [6.07, 6.45) is 0. The van der Waals surface area contributed by atoms with Crippen LogP contribution in [0, 0.1) is 6.92 Å². The van der Waals surface area contributed by atoms with Gasteiger partial charge in [0.2, 0.25) is 0 Å². The monoisotopic (exact) mass is 395 g/mol. The molecule has 0 bridgehead atoms. The molecule has 0 aliphatic rings. The summed E-state index contributed by atoms with van der Waals surface area (Å²) in [6.45, 7) is 1.53. The van der Waals surface area contributed by atoms with Crippen molar-refractivity contribution in [3.63, 3.8) is 0 Å². The molecule has 2 aromatic rings. The zero-order valence-electron chi connectivity index (χ0n) is 10.4. The summed E-state index contributed by atoms with van der Waals surface area (Å²) in [4.78, 5) is 1.42. The Kier molecular flexibility index (Phi) is 4.76. The van der Waals surface area contributed by atoms with Gasteiger partial charge in [-0.15, -0.1) is 11.3 Å². The van der Waals surface area contributed by atoms with Crippen LogP contribution in [-0.2, 0) is 16.6 Å². The lowest BCUT2D eigenvalue weighted by Crippen LogP contribution is -2.13. The summed E-state index contributed by atoms with van der Waals surface area (Å²) in [5.41, 5.74) is 0.414. The molecule has 0 saturated heterocycles. The normalized spacial score (nSPS) is 11.6. The van der Waals surface area contributed by atoms with Crippen LogP contribution >= 0.6 is 38.9 Å². The number of halogens is 2. The third kappa shape index (κ3) is 3.35. The van der Waals surface area contributed by atoms with Crippen molar-refractivity contribution < 1.29 is 13.5 Å². The molecule has 2 rings (SSSR count). The van der Waals surface area contributed by atoms with Crippen LogP contribution in [-0.4, -0.2) is 13.5 Å².